The molecule has 0 saturated heterocycles. The Morgan fingerprint density at radius 3 is 2.17 bits per heavy atom. The molecule has 0 heterocycles. The second-order valence-electron chi connectivity index (χ2n) is 4.36. The lowest BCUT2D eigenvalue weighted by atomic mass is 9.94. The van der Waals surface area contributed by atoms with Gasteiger partial charge in [0.1, 0.15) is 0 Å². The van der Waals surface area contributed by atoms with Gasteiger partial charge in [-0.05, 0) is 5.56 Å². The van der Waals surface area contributed by atoms with E-state index in [0.29, 0.717) is 0 Å². The fourth-order valence-electron chi connectivity index (χ4n) is 2.56. The second-order valence-corrected chi connectivity index (χ2v) is 4.36. The Balaban J connectivity index is 2.18. The maximum Gasteiger partial charge on any atom is 0.176 e. The molecule has 2 aromatic carbocycles. The predicted octanol–water partition coefficient (Wildman–Crippen LogP) is 3.09. The zero-order valence-corrected chi connectivity index (χ0v) is 10.1. The highest BCUT2D eigenvalue weighted by Crippen LogP contribution is 2.34. The first-order chi connectivity index (χ1) is 8.83. The van der Waals surface area contributed by atoms with E-state index in [2.05, 4.69) is 4.99 Å². The number of carbonyl (C=O) groups is 1. The summed E-state index contributed by atoms with van der Waals surface area (Å²) in [6.07, 6.45) is 0. The molecule has 0 bridgehead atoms. The lowest BCUT2D eigenvalue weighted by Crippen LogP contribution is -2.13. The molecule has 88 valence electrons. The zero-order valence-electron chi connectivity index (χ0n) is 10.1. The normalized spacial score (nSPS) is 20.2. The van der Waals surface area contributed by atoms with Crippen LogP contribution in [0.3, 0.4) is 0 Å². The molecule has 2 heteroatoms. The van der Waals surface area contributed by atoms with Crippen molar-refractivity contribution in [2.45, 2.75) is 5.92 Å². The van der Waals surface area contributed by atoms with Gasteiger partial charge < -0.3 is 0 Å². The number of ketones is 1. The molecule has 1 aliphatic carbocycles. The van der Waals surface area contributed by atoms with E-state index in [9.17, 15) is 4.79 Å². The van der Waals surface area contributed by atoms with E-state index in [1.807, 2.05) is 54.6 Å². The van der Waals surface area contributed by atoms with Crippen molar-refractivity contribution in [2.24, 2.45) is 4.99 Å². The maximum atomic E-state index is 12.5. The fourth-order valence-corrected chi connectivity index (χ4v) is 2.56. The molecule has 0 N–H and O–H groups in total. The van der Waals surface area contributed by atoms with Gasteiger partial charge in [0, 0.05) is 18.2 Å². The average molecular weight is 235 g/mol. The van der Waals surface area contributed by atoms with Crippen LogP contribution < -0.4 is 0 Å². The first-order valence-electron chi connectivity index (χ1n) is 5.98. The topological polar surface area (TPSA) is 29.4 Å². The molecule has 0 fully saturated rings. The van der Waals surface area contributed by atoms with E-state index in [-0.39, 0.29) is 11.7 Å². The summed E-state index contributed by atoms with van der Waals surface area (Å²) in [5.41, 5.74) is 3.65. The summed E-state index contributed by atoms with van der Waals surface area (Å²) in [6.45, 7) is 0. The third kappa shape index (κ3) is 1.50. The van der Waals surface area contributed by atoms with Gasteiger partial charge in [-0.1, -0.05) is 54.6 Å². The van der Waals surface area contributed by atoms with E-state index in [0.717, 1.165) is 22.4 Å². The van der Waals surface area contributed by atoms with Crippen molar-refractivity contribution in [1.82, 2.24) is 0 Å². The Kier molecular flexibility index (Phi) is 2.56. The monoisotopic (exact) mass is 235 g/mol. The highest BCUT2D eigenvalue weighted by molar-refractivity contribution is 6.31. The van der Waals surface area contributed by atoms with Gasteiger partial charge in [0.25, 0.3) is 0 Å². The minimum absolute atomic E-state index is 0.150. The molecule has 0 aliphatic heterocycles. The van der Waals surface area contributed by atoms with Crippen LogP contribution in [0.25, 0.3) is 0 Å². The summed E-state index contributed by atoms with van der Waals surface area (Å²) < 4.78 is 0. The molecule has 2 nitrogen and oxygen atoms in total. The molecule has 1 unspecified atom stereocenters. The highest BCUT2D eigenvalue weighted by Gasteiger charge is 2.36. The summed E-state index contributed by atoms with van der Waals surface area (Å²) in [5, 5.41) is 0. The van der Waals surface area contributed by atoms with Crippen molar-refractivity contribution in [3.8, 4) is 0 Å². The summed E-state index contributed by atoms with van der Waals surface area (Å²) in [4.78, 5) is 16.8. The Morgan fingerprint density at radius 2 is 1.50 bits per heavy atom. The maximum absolute atomic E-state index is 12.5. The molecule has 0 saturated carbocycles. The molecule has 0 radical (unpaired) electrons. The molecule has 18 heavy (non-hydrogen) atoms. The highest BCUT2D eigenvalue weighted by atomic mass is 16.1. The van der Waals surface area contributed by atoms with Crippen molar-refractivity contribution >= 4 is 11.5 Å². The standard InChI is InChI=1S/C16H13NO/c1-17-15-12-9-5-6-10-13(12)16(18)14(15)11-7-3-2-4-8-11/h2-10,14H,1H3. The largest absolute Gasteiger partial charge is 0.293 e. The van der Waals surface area contributed by atoms with Gasteiger partial charge in [-0.2, -0.15) is 0 Å². The van der Waals surface area contributed by atoms with Crippen LogP contribution in [0, 0.1) is 0 Å². The summed E-state index contributed by atoms with van der Waals surface area (Å²) >= 11 is 0. The summed E-state index contributed by atoms with van der Waals surface area (Å²) in [5.74, 6) is -0.0917. The Labute approximate surface area is 106 Å². The van der Waals surface area contributed by atoms with Gasteiger partial charge in [0.15, 0.2) is 5.78 Å². The SMILES string of the molecule is CN=C1c2ccccc2C(=O)C1c1ccccc1. The van der Waals surface area contributed by atoms with Gasteiger partial charge in [-0.25, -0.2) is 0 Å². The molecule has 3 rings (SSSR count). The van der Waals surface area contributed by atoms with Gasteiger partial charge in [0.05, 0.1) is 11.6 Å². The average Bonchev–Trinajstić information content (AvgIpc) is 2.73. The molecular formula is C16H13NO. The minimum atomic E-state index is -0.242. The van der Waals surface area contributed by atoms with E-state index in [4.69, 9.17) is 0 Å². The third-order valence-corrected chi connectivity index (χ3v) is 3.38. The third-order valence-electron chi connectivity index (χ3n) is 3.38. The van der Waals surface area contributed by atoms with Crippen LogP contribution in [0.4, 0.5) is 0 Å². The fraction of sp³-hybridized carbons (Fsp3) is 0.125. The molecule has 2 aromatic rings. The van der Waals surface area contributed by atoms with Gasteiger partial charge in [0.2, 0.25) is 0 Å². The second kappa shape index (κ2) is 4.22. The number of aliphatic imine (C=N–C) groups is 1. The Hall–Kier alpha value is -2.22. The molecule has 0 spiro atoms. The Morgan fingerprint density at radius 1 is 0.889 bits per heavy atom. The number of hydrogen-bond donors (Lipinski definition) is 0. The van der Waals surface area contributed by atoms with Crippen LogP contribution in [-0.2, 0) is 0 Å². The number of nitrogens with zero attached hydrogens (tertiary/aromatic N) is 1. The number of Topliss-reactive ketones (excluding diaryl/α,β-unsaturated/α-hetero) is 1. The van der Waals surface area contributed by atoms with E-state index < -0.39 is 0 Å². The van der Waals surface area contributed by atoms with Crippen molar-refractivity contribution in [2.75, 3.05) is 7.05 Å². The lowest BCUT2D eigenvalue weighted by Gasteiger charge is -2.09. The first kappa shape index (κ1) is 10.9. The number of carbonyl (C=O) groups excluding carboxylic acids is 1. The van der Waals surface area contributed by atoms with Crippen molar-refractivity contribution < 1.29 is 4.79 Å². The lowest BCUT2D eigenvalue weighted by molar-refractivity contribution is 0.0988. The minimum Gasteiger partial charge on any atom is -0.293 e. The van der Waals surface area contributed by atoms with Crippen LogP contribution in [0.15, 0.2) is 59.6 Å². The summed E-state index contributed by atoms with van der Waals surface area (Å²) in [7, 11) is 1.75. The zero-order chi connectivity index (χ0) is 12.5. The quantitative estimate of drug-likeness (QED) is 0.746. The van der Waals surface area contributed by atoms with Crippen LogP contribution in [-0.4, -0.2) is 18.5 Å². The summed E-state index contributed by atoms with van der Waals surface area (Å²) in [6, 6.07) is 17.5. The van der Waals surface area contributed by atoms with Crippen LogP contribution in [0.1, 0.15) is 27.4 Å². The van der Waals surface area contributed by atoms with Crippen LogP contribution in [0.2, 0.25) is 0 Å². The molecule has 0 aromatic heterocycles. The van der Waals surface area contributed by atoms with Gasteiger partial charge in [-0.15, -0.1) is 0 Å². The van der Waals surface area contributed by atoms with Crippen molar-refractivity contribution in [1.29, 1.82) is 0 Å². The number of hydrogen-bond acceptors (Lipinski definition) is 2. The first-order valence-corrected chi connectivity index (χ1v) is 5.98. The van der Waals surface area contributed by atoms with E-state index >= 15 is 0 Å². The van der Waals surface area contributed by atoms with Crippen molar-refractivity contribution in [3.05, 3.63) is 71.3 Å². The van der Waals surface area contributed by atoms with Crippen molar-refractivity contribution in [3.63, 3.8) is 0 Å². The van der Waals surface area contributed by atoms with Crippen LogP contribution >= 0.6 is 0 Å². The molecule has 0 amide bonds. The molecular weight excluding hydrogens is 222 g/mol. The smallest absolute Gasteiger partial charge is 0.176 e. The van der Waals surface area contributed by atoms with Crippen LogP contribution in [0.5, 0.6) is 0 Å². The Bertz CT molecular complexity index is 629. The number of benzene rings is 2. The van der Waals surface area contributed by atoms with Gasteiger partial charge >= 0.3 is 0 Å². The number of rotatable bonds is 1. The predicted molar refractivity (Wildman–Crippen MR) is 72.4 cm³/mol. The molecule has 1 atom stereocenters. The van der Waals surface area contributed by atoms with E-state index in [1.54, 1.807) is 7.05 Å². The van der Waals surface area contributed by atoms with Gasteiger partial charge in [-0.3, -0.25) is 9.79 Å². The molecule has 1 aliphatic rings. The number of fused-ring (bicyclic) bond motifs is 1. The van der Waals surface area contributed by atoms with E-state index in [1.165, 1.54) is 0 Å².